The molecule has 0 unspecified atom stereocenters. The quantitative estimate of drug-likeness (QED) is 0.367. The molecule has 0 atom stereocenters. The molecule has 0 aliphatic heterocycles. The molecule has 0 bridgehead atoms. The number of rotatable bonds is 6. The van der Waals surface area contributed by atoms with E-state index in [0.717, 1.165) is 19.4 Å². The van der Waals surface area contributed by atoms with Crippen molar-refractivity contribution in [1.82, 2.24) is 0 Å². The Bertz CT molecular complexity index is 211. The summed E-state index contributed by atoms with van der Waals surface area (Å²) in [4.78, 5) is 0. The molecule has 0 amide bonds. The van der Waals surface area contributed by atoms with E-state index in [-0.39, 0.29) is 0 Å². The highest BCUT2D eigenvalue weighted by Gasteiger charge is 2.36. The normalized spacial score (nSPS) is 13.4. The largest absolute Gasteiger partial charge is 0.417 e. The third kappa shape index (κ3) is 5.95. The lowest BCUT2D eigenvalue weighted by Gasteiger charge is -2.36. The van der Waals surface area contributed by atoms with Gasteiger partial charge in [0, 0.05) is 6.61 Å². The van der Waals surface area contributed by atoms with E-state index < -0.39 is 8.32 Å². The van der Waals surface area contributed by atoms with Crippen LogP contribution in [0.4, 0.5) is 0 Å². The Hall–Kier alpha value is -0.343. The minimum absolute atomic E-state index is 0.323. The van der Waals surface area contributed by atoms with E-state index >= 15 is 0 Å². The Balaban J connectivity index is 3.76. The van der Waals surface area contributed by atoms with Crippen LogP contribution in [0.3, 0.4) is 0 Å². The van der Waals surface area contributed by atoms with Crippen LogP contribution < -0.4 is 0 Å². The van der Waals surface area contributed by atoms with Crippen LogP contribution in [0, 0.1) is 0 Å². The molecule has 0 fully saturated rings. The first-order chi connectivity index (χ1) is 6.81. The van der Waals surface area contributed by atoms with Gasteiger partial charge in [0.15, 0.2) is 8.32 Å². The van der Waals surface area contributed by atoms with Gasteiger partial charge in [0.1, 0.15) is 0 Å². The fourth-order valence-corrected chi connectivity index (χ4v) is 2.03. The summed E-state index contributed by atoms with van der Waals surface area (Å²) in [6.07, 6.45) is 8.14. The highest BCUT2D eigenvalue weighted by molar-refractivity contribution is 6.74. The molecule has 0 aromatic heterocycles. The van der Waals surface area contributed by atoms with Crippen LogP contribution in [-0.2, 0) is 4.43 Å². The molecule has 0 aliphatic rings. The van der Waals surface area contributed by atoms with Crippen LogP contribution in [-0.4, -0.2) is 14.9 Å². The van der Waals surface area contributed by atoms with Gasteiger partial charge in [-0.25, -0.2) is 0 Å². The van der Waals surface area contributed by atoms with Gasteiger partial charge in [0.05, 0.1) is 0 Å². The van der Waals surface area contributed by atoms with Crippen LogP contribution in [0.1, 0.15) is 33.6 Å². The van der Waals surface area contributed by atoms with E-state index in [0.29, 0.717) is 5.04 Å². The van der Waals surface area contributed by atoms with Crippen molar-refractivity contribution in [3.05, 3.63) is 24.8 Å². The SMILES string of the molecule is C=C/C=C/CCCO[Si](C)(C)C(C)(C)C. The van der Waals surface area contributed by atoms with Gasteiger partial charge in [0.2, 0.25) is 0 Å². The zero-order chi connectivity index (χ0) is 11.9. The van der Waals surface area contributed by atoms with E-state index in [1.807, 2.05) is 12.2 Å². The van der Waals surface area contributed by atoms with E-state index in [2.05, 4.69) is 46.5 Å². The highest BCUT2D eigenvalue weighted by Crippen LogP contribution is 2.36. The van der Waals surface area contributed by atoms with Crippen molar-refractivity contribution < 1.29 is 4.43 Å². The van der Waals surface area contributed by atoms with Crippen LogP contribution in [0.25, 0.3) is 0 Å². The fourth-order valence-electron chi connectivity index (χ4n) is 0.937. The molecule has 15 heavy (non-hydrogen) atoms. The van der Waals surface area contributed by atoms with Crippen molar-refractivity contribution in [3.8, 4) is 0 Å². The summed E-state index contributed by atoms with van der Waals surface area (Å²) >= 11 is 0. The van der Waals surface area contributed by atoms with Crippen LogP contribution in [0.2, 0.25) is 18.1 Å². The minimum Gasteiger partial charge on any atom is -0.417 e. The summed E-state index contributed by atoms with van der Waals surface area (Å²) in [6, 6.07) is 0. The van der Waals surface area contributed by atoms with E-state index in [9.17, 15) is 0 Å². The van der Waals surface area contributed by atoms with Crippen molar-refractivity contribution in [2.45, 2.75) is 51.7 Å². The zero-order valence-corrected chi connectivity index (χ0v) is 12.0. The Morgan fingerprint density at radius 3 is 2.33 bits per heavy atom. The molecule has 0 aromatic rings. The smallest absolute Gasteiger partial charge is 0.191 e. The molecule has 2 heteroatoms. The number of hydrogen-bond donors (Lipinski definition) is 0. The number of unbranched alkanes of at least 4 members (excludes halogenated alkanes) is 1. The van der Waals surface area contributed by atoms with Crippen LogP contribution in [0.15, 0.2) is 24.8 Å². The fraction of sp³-hybridized carbons (Fsp3) is 0.692. The third-order valence-corrected chi connectivity index (χ3v) is 7.59. The Labute approximate surface area is 96.4 Å². The van der Waals surface area contributed by atoms with Gasteiger partial charge in [-0.2, -0.15) is 0 Å². The summed E-state index contributed by atoms with van der Waals surface area (Å²) in [5.74, 6) is 0. The maximum Gasteiger partial charge on any atom is 0.191 e. The molecular formula is C13H26OSi. The van der Waals surface area contributed by atoms with Gasteiger partial charge >= 0.3 is 0 Å². The molecule has 0 aromatic carbocycles. The molecule has 0 rings (SSSR count). The summed E-state index contributed by atoms with van der Waals surface area (Å²) < 4.78 is 6.05. The first kappa shape index (κ1) is 14.7. The summed E-state index contributed by atoms with van der Waals surface area (Å²) in [5.41, 5.74) is 0. The first-order valence-electron chi connectivity index (χ1n) is 5.73. The topological polar surface area (TPSA) is 9.23 Å². The monoisotopic (exact) mass is 226 g/mol. The number of hydrogen-bond acceptors (Lipinski definition) is 1. The van der Waals surface area contributed by atoms with Gasteiger partial charge in [-0.15, -0.1) is 0 Å². The molecule has 0 heterocycles. The van der Waals surface area contributed by atoms with Crippen LogP contribution in [0.5, 0.6) is 0 Å². The molecular weight excluding hydrogens is 200 g/mol. The molecule has 1 nitrogen and oxygen atoms in total. The Kier molecular flexibility index (Phi) is 6.14. The van der Waals surface area contributed by atoms with Gasteiger partial charge in [-0.3, -0.25) is 0 Å². The molecule has 0 radical (unpaired) electrons. The second-order valence-corrected chi connectivity index (χ2v) is 10.2. The highest BCUT2D eigenvalue weighted by atomic mass is 28.4. The van der Waals surface area contributed by atoms with Crippen molar-refractivity contribution in [1.29, 1.82) is 0 Å². The lowest BCUT2D eigenvalue weighted by Crippen LogP contribution is -2.40. The predicted octanol–water partition coefficient (Wildman–Crippen LogP) is 4.53. The minimum atomic E-state index is -1.52. The summed E-state index contributed by atoms with van der Waals surface area (Å²) in [6.45, 7) is 15.9. The predicted molar refractivity (Wildman–Crippen MR) is 71.7 cm³/mol. The molecule has 88 valence electrons. The lowest BCUT2D eigenvalue weighted by atomic mass is 10.2. The molecule has 0 N–H and O–H groups in total. The third-order valence-electron chi connectivity index (χ3n) is 3.06. The van der Waals surface area contributed by atoms with Crippen molar-refractivity contribution >= 4 is 8.32 Å². The van der Waals surface area contributed by atoms with Gasteiger partial charge in [-0.1, -0.05) is 45.6 Å². The summed E-state index contributed by atoms with van der Waals surface area (Å²) in [5, 5.41) is 0.323. The molecule has 0 spiro atoms. The van der Waals surface area contributed by atoms with E-state index in [4.69, 9.17) is 4.43 Å². The second-order valence-electron chi connectivity index (χ2n) is 5.41. The summed E-state index contributed by atoms with van der Waals surface area (Å²) in [7, 11) is -1.52. The van der Waals surface area contributed by atoms with Gasteiger partial charge in [0.25, 0.3) is 0 Å². The van der Waals surface area contributed by atoms with E-state index in [1.165, 1.54) is 0 Å². The zero-order valence-electron chi connectivity index (χ0n) is 11.0. The Morgan fingerprint density at radius 1 is 1.27 bits per heavy atom. The van der Waals surface area contributed by atoms with Crippen molar-refractivity contribution in [2.24, 2.45) is 0 Å². The molecule has 0 aliphatic carbocycles. The lowest BCUT2D eigenvalue weighted by molar-refractivity contribution is 0.283. The van der Waals surface area contributed by atoms with Crippen LogP contribution >= 0.6 is 0 Å². The number of allylic oxidation sites excluding steroid dienone is 3. The maximum absolute atomic E-state index is 6.05. The maximum atomic E-state index is 6.05. The Morgan fingerprint density at radius 2 is 1.87 bits per heavy atom. The van der Waals surface area contributed by atoms with E-state index in [1.54, 1.807) is 0 Å². The average Bonchev–Trinajstić information content (AvgIpc) is 2.09. The standard InChI is InChI=1S/C13H26OSi/c1-7-8-9-10-11-12-14-15(5,6)13(2,3)4/h7-9H,1,10-12H2,2-6H3/b9-8+. The molecule has 0 saturated heterocycles. The van der Waals surface area contributed by atoms with Crippen molar-refractivity contribution in [2.75, 3.05) is 6.61 Å². The first-order valence-corrected chi connectivity index (χ1v) is 8.63. The van der Waals surface area contributed by atoms with Crippen molar-refractivity contribution in [3.63, 3.8) is 0 Å². The van der Waals surface area contributed by atoms with Gasteiger partial charge < -0.3 is 4.43 Å². The van der Waals surface area contributed by atoms with Gasteiger partial charge in [-0.05, 0) is 31.0 Å². The average molecular weight is 226 g/mol. The molecule has 0 saturated carbocycles. The second kappa shape index (κ2) is 6.29.